The maximum atomic E-state index is 11.4. The first-order valence-corrected chi connectivity index (χ1v) is 6.49. The summed E-state index contributed by atoms with van der Waals surface area (Å²) in [6.45, 7) is 1.87. The smallest absolute Gasteiger partial charge is 0.350 e. The van der Waals surface area contributed by atoms with Gasteiger partial charge in [0.2, 0.25) is 0 Å². The lowest BCUT2D eigenvalue weighted by molar-refractivity contribution is -0.138. The van der Waals surface area contributed by atoms with Gasteiger partial charge < -0.3 is 15.0 Å². The number of ether oxygens (including phenoxy) is 1. The highest BCUT2D eigenvalue weighted by atomic mass is 32.1. The van der Waals surface area contributed by atoms with Gasteiger partial charge in [0.25, 0.3) is 0 Å². The lowest BCUT2D eigenvalue weighted by atomic mass is 10.3. The van der Waals surface area contributed by atoms with Crippen LogP contribution in [-0.4, -0.2) is 17.6 Å². The summed E-state index contributed by atoms with van der Waals surface area (Å²) in [4.78, 5) is 15.2. The summed E-state index contributed by atoms with van der Waals surface area (Å²) in [6.07, 6.45) is 2.82. The first kappa shape index (κ1) is 15.6. The molecule has 8 heteroatoms. The lowest BCUT2D eigenvalue weighted by Crippen LogP contribution is -2.08. The Hall–Kier alpha value is -1.43. The Kier molecular flexibility index (Phi) is 5.95. The molecule has 1 aromatic heterocycles. The minimum atomic E-state index is -0.687. The third kappa shape index (κ3) is 4.02. The third-order valence-electron chi connectivity index (χ3n) is 2.03. The third-order valence-corrected chi connectivity index (χ3v) is 3.59. The number of rotatable bonds is 4. The molecule has 0 bridgehead atoms. The predicted molar refractivity (Wildman–Crippen MR) is 80.1 cm³/mol. The molecule has 1 heterocycles. The predicted octanol–water partition coefficient (Wildman–Crippen LogP) is 2.70. The van der Waals surface area contributed by atoms with Gasteiger partial charge in [-0.2, -0.15) is 5.26 Å². The number of aromatic amines is 1. The van der Waals surface area contributed by atoms with Crippen molar-refractivity contribution in [3.05, 3.63) is 22.6 Å². The van der Waals surface area contributed by atoms with Gasteiger partial charge in [0.05, 0.1) is 17.2 Å². The molecule has 0 saturated heterocycles. The zero-order chi connectivity index (χ0) is 14.4. The van der Waals surface area contributed by atoms with Gasteiger partial charge in [0.1, 0.15) is 10.7 Å². The monoisotopic (exact) mass is 313 g/mol. The van der Waals surface area contributed by atoms with Crippen LogP contribution in [0.4, 0.5) is 5.69 Å². The minimum Gasteiger partial charge on any atom is -0.462 e. The standard InChI is InChI=1S/C11H11N3O2S3/c1-2-16-11(15)6(3-12)4-13-7-5-14-10(19)9(18)8(7)17/h4-5,13,18H,2H2,1H3,(H2,14,17,19)/b6-4+. The largest absolute Gasteiger partial charge is 0.462 e. The maximum absolute atomic E-state index is 11.4. The molecular weight excluding hydrogens is 302 g/mol. The summed E-state index contributed by atoms with van der Waals surface area (Å²) >= 11 is 13.4. The Morgan fingerprint density at radius 1 is 1.63 bits per heavy atom. The molecule has 0 aliphatic carbocycles. The van der Waals surface area contributed by atoms with Gasteiger partial charge in [-0.05, 0) is 6.92 Å². The molecule has 1 rings (SSSR count). The maximum Gasteiger partial charge on any atom is 0.350 e. The number of nitrogens with zero attached hydrogens (tertiary/aromatic N) is 1. The van der Waals surface area contributed by atoms with E-state index >= 15 is 0 Å². The Morgan fingerprint density at radius 3 is 2.89 bits per heavy atom. The first-order chi connectivity index (χ1) is 9.01. The van der Waals surface area contributed by atoms with E-state index in [-0.39, 0.29) is 12.2 Å². The van der Waals surface area contributed by atoms with Gasteiger partial charge in [-0.3, -0.25) is 0 Å². The van der Waals surface area contributed by atoms with Gasteiger partial charge in [-0.15, -0.1) is 25.3 Å². The summed E-state index contributed by atoms with van der Waals surface area (Å²) in [7, 11) is 0. The van der Waals surface area contributed by atoms with Crippen LogP contribution in [0.2, 0.25) is 0 Å². The molecule has 19 heavy (non-hydrogen) atoms. The van der Waals surface area contributed by atoms with Crippen LogP contribution in [0.5, 0.6) is 0 Å². The van der Waals surface area contributed by atoms with E-state index in [0.717, 1.165) is 0 Å². The van der Waals surface area contributed by atoms with E-state index in [1.165, 1.54) is 6.20 Å². The molecule has 0 atom stereocenters. The molecule has 0 aliphatic heterocycles. The number of pyridine rings is 1. The minimum absolute atomic E-state index is 0.141. The molecule has 0 spiro atoms. The molecule has 0 aliphatic rings. The summed E-state index contributed by atoms with van der Waals surface area (Å²) in [5, 5.41) is 11.6. The van der Waals surface area contributed by atoms with Crippen LogP contribution in [-0.2, 0) is 9.53 Å². The van der Waals surface area contributed by atoms with Crippen LogP contribution >= 0.6 is 37.5 Å². The van der Waals surface area contributed by atoms with E-state index in [1.54, 1.807) is 19.2 Å². The molecule has 0 amide bonds. The second-order valence-electron chi connectivity index (χ2n) is 3.26. The van der Waals surface area contributed by atoms with E-state index in [0.29, 0.717) is 20.1 Å². The molecule has 100 valence electrons. The Morgan fingerprint density at radius 2 is 2.32 bits per heavy atom. The van der Waals surface area contributed by atoms with Gasteiger partial charge in [-0.1, -0.05) is 12.2 Å². The van der Waals surface area contributed by atoms with Crippen molar-refractivity contribution in [2.24, 2.45) is 0 Å². The Labute approximate surface area is 126 Å². The zero-order valence-electron chi connectivity index (χ0n) is 9.93. The van der Waals surface area contributed by atoms with Crippen molar-refractivity contribution in [2.45, 2.75) is 16.7 Å². The van der Waals surface area contributed by atoms with Crippen LogP contribution in [0.1, 0.15) is 6.92 Å². The summed E-state index contributed by atoms with van der Waals surface area (Å²) in [6, 6.07) is 1.75. The van der Waals surface area contributed by atoms with Crippen molar-refractivity contribution in [1.82, 2.24) is 4.98 Å². The van der Waals surface area contributed by atoms with E-state index in [1.807, 2.05) is 0 Å². The van der Waals surface area contributed by atoms with E-state index in [4.69, 9.17) is 22.2 Å². The van der Waals surface area contributed by atoms with E-state index in [9.17, 15) is 4.79 Å². The number of thiol groups is 2. The van der Waals surface area contributed by atoms with Crippen molar-refractivity contribution in [2.75, 3.05) is 11.9 Å². The summed E-state index contributed by atoms with van der Waals surface area (Å²) in [5.74, 6) is -0.687. The van der Waals surface area contributed by atoms with Crippen molar-refractivity contribution in [3.63, 3.8) is 0 Å². The number of anilines is 1. The van der Waals surface area contributed by atoms with Crippen molar-refractivity contribution in [1.29, 1.82) is 5.26 Å². The van der Waals surface area contributed by atoms with Crippen molar-refractivity contribution >= 4 is 49.1 Å². The van der Waals surface area contributed by atoms with E-state index < -0.39 is 5.97 Å². The van der Waals surface area contributed by atoms with Gasteiger partial charge in [-0.25, -0.2) is 4.79 Å². The van der Waals surface area contributed by atoms with Gasteiger partial charge in [0.15, 0.2) is 5.57 Å². The fraction of sp³-hybridized carbons (Fsp3) is 0.182. The van der Waals surface area contributed by atoms with Crippen LogP contribution < -0.4 is 5.32 Å². The van der Waals surface area contributed by atoms with Crippen molar-refractivity contribution < 1.29 is 9.53 Å². The molecule has 1 aromatic rings. The lowest BCUT2D eigenvalue weighted by Gasteiger charge is -2.07. The molecule has 0 radical (unpaired) electrons. The van der Waals surface area contributed by atoms with Crippen LogP contribution in [0.25, 0.3) is 0 Å². The number of carbonyl (C=O) groups is 1. The number of hydrogen-bond donors (Lipinski definition) is 4. The van der Waals surface area contributed by atoms with Crippen LogP contribution in [0.15, 0.2) is 27.8 Å². The Bertz CT molecular complexity index is 617. The number of hydrogen-bond acceptors (Lipinski definition) is 7. The number of nitriles is 1. The molecule has 0 fully saturated rings. The van der Waals surface area contributed by atoms with Crippen LogP contribution in [0.3, 0.4) is 0 Å². The fourth-order valence-electron chi connectivity index (χ4n) is 1.12. The summed E-state index contributed by atoms with van der Waals surface area (Å²) < 4.78 is 5.18. The number of aromatic nitrogens is 1. The Balaban J connectivity index is 2.98. The molecular formula is C11H11N3O2S3. The molecule has 5 nitrogen and oxygen atoms in total. The highest BCUT2D eigenvalue weighted by Crippen LogP contribution is 2.26. The van der Waals surface area contributed by atoms with Crippen molar-refractivity contribution in [3.8, 4) is 6.07 Å². The number of H-pyrrole nitrogens is 1. The highest BCUT2D eigenvalue weighted by Gasteiger charge is 2.10. The van der Waals surface area contributed by atoms with Gasteiger partial charge >= 0.3 is 5.97 Å². The van der Waals surface area contributed by atoms with Gasteiger partial charge in [0, 0.05) is 17.3 Å². The average Bonchev–Trinajstić information content (AvgIpc) is 2.39. The number of nitrogens with one attached hydrogen (secondary N) is 2. The van der Waals surface area contributed by atoms with E-state index in [2.05, 4.69) is 35.6 Å². The zero-order valence-corrected chi connectivity index (χ0v) is 12.5. The second-order valence-corrected chi connectivity index (χ2v) is 4.57. The second kappa shape index (κ2) is 7.23. The number of carbonyl (C=O) groups excluding carboxylic acids is 1. The summed E-state index contributed by atoms with van der Waals surface area (Å²) in [5.41, 5.74) is 0.400. The molecule has 0 aromatic carbocycles. The van der Waals surface area contributed by atoms with Crippen LogP contribution in [0, 0.1) is 16.0 Å². The molecule has 0 saturated carbocycles. The fourth-order valence-corrected chi connectivity index (χ4v) is 1.78. The topological polar surface area (TPSA) is 77.9 Å². The SMILES string of the molecule is CCOC(=O)/C(C#N)=C/Nc1c[nH]c(=S)c(S)c1S. The first-order valence-electron chi connectivity index (χ1n) is 5.18. The molecule has 2 N–H and O–H groups in total. The normalized spacial score (nSPS) is 10.7. The quantitative estimate of drug-likeness (QED) is 0.226. The average molecular weight is 313 g/mol. The highest BCUT2D eigenvalue weighted by molar-refractivity contribution is 7.84. The number of esters is 1. The molecule has 0 unspecified atom stereocenters.